The van der Waals surface area contributed by atoms with E-state index < -0.39 is 6.09 Å². The maximum atomic E-state index is 11.8. The van der Waals surface area contributed by atoms with Crippen molar-refractivity contribution in [2.24, 2.45) is 5.92 Å². The Balaban J connectivity index is 1.82. The number of nitrogens with zero attached hydrogens (tertiary/aromatic N) is 2. The summed E-state index contributed by atoms with van der Waals surface area (Å²) in [6.07, 6.45) is 0.105. The van der Waals surface area contributed by atoms with Crippen LogP contribution in [0.3, 0.4) is 0 Å². The fourth-order valence-corrected chi connectivity index (χ4v) is 2.23. The molecule has 1 atom stereocenters. The monoisotopic (exact) mass is 256 g/mol. The van der Waals surface area contributed by atoms with E-state index in [2.05, 4.69) is 4.74 Å². The SMILES string of the molecule is COC(=O)C1CCN(CC(=O)N2CCOC2=O)C1. The lowest BCUT2D eigenvalue weighted by molar-refractivity contribution is -0.145. The third-order valence-corrected chi connectivity index (χ3v) is 3.23. The minimum absolute atomic E-state index is 0.141. The molecule has 0 saturated carbocycles. The summed E-state index contributed by atoms with van der Waals surface area (Å²) in [6.45, 7) is 1.87. The summed E-state index contributed by atoms with van der Waals surface area (Å²) in [5.41, 5.74) is 0. The van der Waals surface area contributed by atoms with Gasteiger partial charge in [0.2, 0.25) is 5.91 Å². The molecule has 2 fully saturated rings. The highest BCUT2D eigenvalue weighted by Gasteiger charge is 2.33. The van der Waals surface area contributed by atoms with E-state index in [0.717, 1.165) is 4.90 Å². The Labute approximate surface area is 105 Å². The van der Waals surface area contributed by atoms with Gasteiger partial charge in [-0.2, -0.15) is 0 Å². The van der Waals surface area contributed by atoms with Crippen LogP contribution in [-0.2, 0) is 19.1 Å². The third kappa shape index (κ3) is 2.61. The number of methoxy groups -OCH3 is 1. The average molecular weight is 256 g/mol. The van der Waals surface area contributed by atoms with Crippen molar-refractivity contribution < 1.29 is 23.9 Å². The summed E-state index contributed by atoms with van der Waals surface area (Å²) in [5, 5.41) is 0. The number of imide groups is 1. The molecule has 0 radical (unpaired) electrons. The number of hydrogen-bond acceptors (Lipinski definition) is 6. The van der Waals surface area contributed by atoms with Crippen LogP contribution >= 0.6 is 0 Å². The maximum Gasteiger partial charge on any atom is 0.416 e. The van der Waals surface area contributed by atoms with Crippen LogP contribution in [0.2, 0.25) is 0 Å². The first kappa shape index (κ1) is 12.8. The van der Waals surface area contributed by atoms with Gasteiger partial charge in [0.05, 0.1) is 26.1 Å². The van der Waals surface area contributed by atoms with Crippen LogP contribution in [0.1, 0.15) is 6.42 Å². The molecule has 2 aliphatic rings. The number of amides is 2. The zero-order chi connectivity index (χ0) is 13.1. The highest BCUT2D eigenvalue weighted by Crippen LogP contribution is 2.17. The highest BCUT2D eigenvalue weighted by molar-refractivity contribution is 5.94. The second-order valence-corrected chi connectivity index (χ2v) is 4.40. The van der Waals surface area contributed by atoms with E-state index in [-0.39, 0.29) is 30.9 Å². The molecule has 1 unspecified atom stereocenters. The Morgan fingerprint density at radius 3 is 2.83 bits per heavy atom. The van der Waals surface area contributed by atoms with Crippen molar-refractivity contribution in [2.75, 3.05) is 39.9 Å². The van der Waals surface area contributed by atoms with Crippen LogP contribution in [-0.4, -0.2) is 67.7 Å². The first-order valence-electron chi connectivity index (χ1n) is 5.89. The van der Waals surface area contributed by atoms with E-state index in [9.17, 15) is 14.4 Å². The average Bonchev–Trinajstić information content (AvgIpc) is 2.97. The van der Waals surface area contributed by atoms with Gasteiger partial charge in [0.1, 0.15) is 6.61 Å². The maximum absolute atomic E-state index is 11.8. The van der Waals surface area contributed by atoms with Crippen LogP contribution < -0.4 is 0 Å². The summed E-state index contributed by atoms with van der Waals surface area (Å²) in [7, 11) is 1.36. The first-order valence-corrected chi connectivity index (χ1v) is 5.89. The van der Waals surface area contributed by atoms with E-state index in [1.807, 2.05) is 4.90 Å². The number of carbonyl (C=O) groups excluding carboxylic acids is 3. The van der Waals surface area contributed by atoms with Gasteiger partial charge in [-0.1, -0.05) is 0 Å². The molecular formula is C11H16N2O5. The van der Waals surface area contributed by atoms with E-state index in [1.165, 1.54) is 7.11 Å². The first-order chi connectivity index (χ1) is 8.61. The van der Waals surface area contributed by atoms with Crippen LogP contribution in [0.5, 0.6) is 0 Å². The van der Waals surface area contributed by atoms with Crippen molar-refractivity contribution in [1.29, 1.82) is 0 Å². The largest absolute Gasteiger partial charge is 0.469 e. The van der Waals surface area contributed by atoms with Crippen molar-refractivity contribution in [2.45, 2.75) is 6.42 Å². The summed E-state index contributed by atoms with van der Waals surface area (Å²) in [6, 6.07) is 0. The fraction of sp³-hybridized carbons (Fsp3) is 0.727. The van der Waals surface area contributed by atoms with Crippen LogP contribution in [0.15, 0.2) is 0 Å². The molecule has 2 aliphatic heterocycles. The van der Waals surface area contributed by atoms with Gasteiger partial charge in [-0.15, -0.1) is 0 Å². The predicted molar refractivity (Wildman–Crippen MR) is 59.6 cm³/mol. The van der Waals surface area contributed by atoms with Crippen molar-refractivity contribution >= 4 is 18.0 Å². The van der Waals surface area contributed by atoms with Crippen molar-refractivity contribution in [1.82, 2.24) is 9.80 Å². The minimum atomic E-state index is -0.580. The van der Waals surface area contributed by atoms with E-state index in [4.69, 9.17) is 4.74 Å². The van der Waals surface area contributed by atoms with Gasteiger partial charge in [-0.05, 0) is 13.0 Å². The Hall–Kier alpha value is -1.63. The molecule has 2 heterocycles. The number of hydrogen-bond donors (Lipinski definition) is 0. The molecule has 7 heteroatoms. The summed E-state index contributed by atoms with van der Waals surface area (Å²) in [4.78, 5) is 37.3. The van der Waals surface area contributed by atoms with Gasteiger partial charge in [0.25, 0.3) is 0 Å². The molecule has 18 heavy (non-hydrogen) atoms. The van der Waals surface area contributed by atoms with Crippen molar-refractivity contribution in [3.63, 3.8) is 0 Å². The second-order valence-electron chi connectivity index (χ2n) is 4.40. The lowest BCUT2D eigenvalue weighted by Gasteiger charge is -2.17. The van der Waals surface area contributed by atoms with Gasteiger partial charge < -0.3 is 9.47 Å². The lowest BCUT2D eigenvalue weighted by Crippen LogP contribution is -2.40. The Bertz CT molecular complexity index is 370. The molecule has 0 aromatic carbocycles. The van der Waals surface area contributed by atoms with Gasteiger partial charge in [-0.25, -0.2) is 9.69 Å². The Morgan fingerprint density at radius 2 is 2.22 bits per heavy atom. The summed E-state index contributed by atoms with van der Waals surface area (Å²) >= 11 is 0. The number of ether oxygens (including phenoxy) is 2. The summed E-state index contributed by atoms with van der Waals surface area (Å²) in [5.74, 6) is -0.693. The standard InChI is InChI=1S/C11H16N2O5/c1-17-10(15)8-2-3-12(6-8)7-9(14)13-4-5-18-11(13)16/h8H,2-7H2,1H3. The van der Waals surface area contributed by atoms with Gasteiger partial charge in [0.15, 0.2) is 0 Å². The molecule has 0 aliphatic carbocycles. The molecule has 2 amide bonds. The zero-order valence-corrected chi connectivity index (χ0v) is 10.3. The second kappa shape index (κ2) is 5.34. The number of esters is 1. The van der Waals surface area contributed by atoms with Gasteiger partial charge in [-0.3, -0.25) is 14.5 Å². The van der Waals surface area contributed by atoms with E-state index in [0.29, 0.717) is 26.1 Å². The minimum Gasteiger partial charge on any atom is -0.469 e. The van der Waals surface area contributed by atoms with Gasteiger partial charge >= 0.3 is 12.1 Å². The number of likely N-dealkylation sites (tertiary alicyclic amines) is 1. The van der Waals surface area contributed by atoms with Crippen molar-refractivity contribution in [3.05, 3.63) is 0 Å². The molecule has 100 valence electrons. The van der Waals surface area contributed by atoms with E-state index in [1.54, 1.807) is 0 Å². The smallest absolute Gasteiger partial charge is 0.416 e. The predicted octanol–water partition coefficient (Wildman–Crippen LogP) is -0.540. The normalized spacial score (nSPS) is 24.2. The van der Waals surface area contributed by atoms with Gasteiger partial charge in [0, 0.05) is 6.54 Å². The molecule has 2 rings (SSSR count). The number of rotatable bonds is 3. The van der Waals surface area contributed by atoms with Crippen LogP contribution in [0.25, 0.3) is 0 Å². The topological polar surface area (TPSA) is 76.2 Å². The molecule has 0 spiro atoms. The third-order valence-electron chi connectivity index (χ3n) is 3.23. The molecule has 0 aromatic rings. The molecule has 7 nitrogen and oxygen atoms in total. The van der Waals surface area contributed by atoms with Crippen LogP contribution in [0, 0.1) is 5.92 Å². The summed E-state index contributed by atoms with van der Waals surface area (Å²) < 4.78 is 9.37. The quantitative estimate of drug-likeness (QED) is 0.631. The van der Waals surface area contributed by atoms with Crippen LogP contribution in [0.4, 0.5) is 4.79 Å². The Kier molecular flexibility index (Phi) is 3.81. The molecule has 0 N–H and O–H groups in total. The zero-order valence-electron chi connectivity index (χ0n) is 10.3. The number of carbonyl (C=O) groups is 3. The van der Waals surface area contributed by atoms with Crippen molar-refractivity contribution in [3.8, 4) is 0 Å². The molecule has 0 bridgehead atoms. The number of cyclic esters (lactones) is 1. The highest BCUT2D eigenvalue weighted by atomic mass is 16.6. The molecule has 2 saturated heterocycles. The Morgan fingerprint density at radius 1 is 1.44 bits per heavy atom. The molecular weight excluding hydrogens is 240 g/mol. The molecule has 0 aromatic heterocycles. The van der Waals surface area contributed by atoms with E-state index >= 15 is 0 Å². The lowest BCUT2D eigenvalue weighted by atomic mass is 10.1. The fourth-order valence-electron chi connectivity index (χ4n) is 2.23.